The molecular weight excluding hydrogens is 236 g/mol. The van der Waals surface area contributed by atoms with Crippen molar-refractivity contribution in [2.75, 3.05) is 13.1 Å². The van der Waals surface area contributed by atoms with E-state index in [0.29, 0.717) is 24.4 Å². The molecule has 2 rings (SSSR count). The molecule has 0 aliphatic heterocycles. The summed E-state index contributed by atoms with van der Waals surface area (Å²) in [5, 5.41) is 0. The van der Waals surface area contributed by atoms with E-state index in [1.807, 2.05) is 0 Å². The standard InChI is InChI=1S/C16H30N2O/c17-11-6-12-18(15-9-3-1-2-4-10-15)16(19)13-14-7-5-8-14/h14-15H,1-13,17H2. The molecule has 0 heterocycles. The van der Waals surface area contributed by atoms with E-state index in [2.05, 4.69) is 4.90 Å². The molecule has 1 amide bonds. The quantitative estimate of drug-likeness (QED) is 0.751. The lowest BCUT2D eigenvalue weighted by atomic mass is 9.82. The SMILES string of the molecule is NCCCN(C(=O)CC1CCC1)C1CCCCCC1. The molecule has 0 aromatic carbocycles. The van der Waals surface area contributed by atoms with Gasteiger partial charge in [-0.1, -0.05) is 32.1 Å². The van der Waals surface area contributed by atoms with E-state index in [1.54, 1.807) is 0 Å². The summed E-state index contributed by atoms with van der Waals surface area (Å²) < 4.78 is 0. The first-order valence-corrected chi connectivity index (χ1v) is 8.31. The van der Waals surface area contributed by atoms with E-state index in [-0.39, 0.29) is 0 Å². The normalized spacial score (nSPS) is 21.7. The molecule has 0 bridgehead atoms. The molecule has 0 spiro atoms. The van der Waals surface area contributed by atoms with Crippen LogP contribution < -0.4 is 5.73 Å². The Hall–Kier alpha value is -0.570. The first kappa shape index (κ1) is 14.8. The van der Waals surface area contributed by atoms with Crippen LogP contribution in [0.4, 0.5) is 0 Å². The fourth-order valence-electron chi connectivity index (χ4n) is 3.40. The smallest absolute Gasteiger partial charge is 0.223 e. The molecule has 3 heteroatoms. The summed E-state index contributed by atoms with van der Waals surface area (Å²) in [5.41, 5.74) is 5.64. The highest BCUT2D eigenvalue weighted by Gasteiger charge is 2.28. The number of rotatable bonds is 6. The van der Waals surface area contributed by atoms with Crippen LogP contribution in [0, 0.1) is 5.92 Å². The summed E-state index contributed by atoms with van der Waals surface area (Å²) in [5.74, 6) is 1.09. The van der Waals surface area contributed by atoms with Crippen molar-refractivity contribution in [1.29, 1.82) is 0 Å². The molecule has 2 aliphatic rings. The maximum Gasteiger partial charge on any atom is 0.223 e. The molecule has 0 saturated heterocycles. The third-order valence-corrected chi connectivity index (χ3v) is 4.88. The van der Waals surface area contributed by atoms with E-state index >= 15 is 0 Å². The third kappa shape index (κ3) is 4.48. The van der Waals surface area contributed by atoms with Gasteiger partial charge in [0.2, 0.25) is 5.91 Å². The van der Waals surface area contributed by atoms with Crippen LogP contribution in [0.3, 0.4) is 0 Å². The summed E-state index contributed by atoms with van der Waals surface area (Å²) in [6, 6.07) is 0.502. The summed E-state index contributed by atoms with van der Waals surface area (Å²) >= 11 is 0. The molecular formula is C16H30N2O. The first-order chi connectivity index (χ1) is 9.31. The second-order valence-corrected chi connectivity index (χ2v) is 6.38. The topological polar surface area (TPSA) is 46.3 Å². The number of carbonyl (C=O) groups excluding carboxylic acids is 1. The Labute approximate surface area is 117 Å². The van der Waals surface area contributed by atoms with Gasteiger partial charge >= 0.3 is 0 Å². The van der Waals surface area contributed by atoms with Crippen molar-refractivity contribution in [1.82, 2.24) is 4.90 Å². The Bertz CT molecular complexity index is 268. The van der Waals surface area contributed by atoms with Crippen molar-refractivity contribution in [2.45, 2.75) is 76.7 Å². The maximum absolute atomic E-state index is 12.5. The predicted octanol–water partition coefficient (Wildman–Crippen LogP) is 3.08. The van der Waals surface area contributed by atoms with Crippen molar-refractivity contribution >= 4 is 5.91 Å². The molecule has 0 aromatic rings. The molecule has 19 heavy (non-hydrogen) atoms. The third-order valence-electron chi connectivity index (χ3n) is 4.88. The van der Waals surface area contributed by atoms with Crippen molar-refractivity contribution < 1.29 is 4.79 Å². The van der Waals surface area contributed by atoms with Gasteiger partial charge in [-0.2, -0.15) is 0 Å². The Balaban J connectivity index is 1.89. The molecule has 3 nitrogen and oxygen atoms in total. The van der Waals surface area contributed by atoms with Crippen LogP contribution in [0.5, 0.6) is 0 Å². The summed E-state index contributed by atoms with van der Waals surface area (Å²) in [4.78, 5) is 14.7. The maximum atomic E-state index is 12.5. The average Bonchev–Trinajstić information content (AvgIpc) is 2.63. The van der Waals surface area contributed by atoms with E-state index in [0.717, 1.165) is 19.4 Å². The number of carbonyl (C=O) groups is 1. The van der Waals surface area contributed by atoms with Crippen molar-refractivity contribution in [3.05, 3.63) is 0 Å². The second kappa shape index (κ2) is 7.88. The fourth-order valence-corrected chi connectivity index (χ4v) is 3.40. The van der Waals surface area contributed by atoms with Crippen LogP contribution in [0.15, 0.2) is 0 Å². The number of nitrogens with zero attached hydrogens (tertiary/aromatic N) is 1. The minimum Gasteiger partial charge on any atom is -0.340 e. The fraction of sp³-hybridized carbons (Fsp3) is 0.938. The molecule has 0 unspecified atom stereocenters. The minimum atomic E-state index is 0.407. The van der Waals surface area contributed by atoms with Gasteiger partial charge in [0.25, 0.3) is 0 Å². The first-order valence-electron chi connectivity index (χ1n) is 8.31. The zero-order valence-electron chi connectivity index (χ0n) is 12.3. The largest absolute Gasteiger partial charge is 0.340 e. The van der Waals surface area contributed by atoms with E-state index in [9.17, 15) is 4.79 Å². The zero-order chi connectivity index (χ0) is 13.5. The highest BCUT2D eigenvalue weighted by atomic mass is 16.2. The number of amides is 1. The highest BCUT2D eigenvalue weighted by molar-refractivity contribution is 5.76. The Kier molecular flexibility index (Phi) is 6.15. The average molecular weight is 266 g/mol. The number of hydrogen-bond donors (Lipinski definition) is 1. The van der Waals surface area contributed by atoms with Crippen LogP contribution in [0.1, 0.15) is 70.6 Å². The summed E-state index contributed by atoms with van der Waals surface area (Å²) in [7, 11) is 0. The van der Waals surface area contributed by atoms with Gasteiger partial charge in [0.1, 0.15) is 0 Å². The van der Waals surface area contributed by atoms with Gasteiger partial charge in [-0.15, -0.1) is 0 Å². The van der Waals surface area contributed by atoms with Gasteiger partial charge in [0.05, 0.1) is 0 Å². The van der Waals surface area contributed by atoms with Gasteiger partial charge < -0.3 is 10.6 Å². The summed E-state index contributed by atoms with van der Waals surface area (Å²) in [6.07, 6.45) is 13.3. The number of nitrogens with two attached hydrogens (primary N) is 1. The molecule has 2 saturated carbocycles. The lowest BCUT2D eigenvalue weighted by molar-refractivity contribution is -0.135. The zero-order valence-corrected chi connectivity index (χ0v) is 12.3. The predicted molar refractivity (Wildman–Crippen MR) is 78.8 cm³/mol. The van der Waals surface area contributed by atoms with Gasteiger partial charge in [-0.3, -0.25) is 4.79 Å². The number of hydrogen-bond acceptors (Lipinski definition) is 2. The van der Waals surface area contributed by atoms with Gasteiger partial charge in [-0.25, -0.2) is 0 Å². The summed E-state index contributed by atoms with van der Waals surface area (Å²) in [6.45, 7) is 1.58. The van der Waals surface area contributed by atoms with E-state index in [4.69, 9.17) is 5.73 Å². The molecule has 0 radical (unpaired) electrons. The molecule has 0 atom stereocenters. The van der Waals surface area contributed by atoms with Crippen molar-refractivity contribution in [3.8, 4) is 0 Å². The monoisotopic (exact) mass is 266 g/mol. The van der Waals surface area contributed by atoms with Crippen molar-refractivity contribution in [2.24, 2.45) is 11.7 Å². The minimum absolute atomic E-state index is 0.407. The molecule has 2 aliphatic carbocycles. The molecule has 110 valence electrons. The Morgan fingerprint density at radius 2 is 1.68 bits per heavy atom. The lowest BCUT2D eigenvalue weighted by Gasteiger charge is -2.34. The van der Waals surface area contributed by atoms with Crippen LogP contribution in [-0.2, 0) is 4.79 Å². The molecule has 2 fully saturated rings. The van der Waals surface area contributed by atoms with E-state index < -0.39 is 0 Å². The van der Waals surface area contributed by atoms with Gasteiger partial charge in [-0.05, 0) is 44.6 Å². The molecule has 0 aromatic heterocycles. The molecule has 2 N–H and O–H groups in total. The Morgan fingerprint density at radius 1 is 1.00 bits per heavy atom. The van der Waals surface area contributed by atoms with E-state index in [1.165, 1.54) is 57.8 Å². The second-order valence-electron chi connectivity index (χ2n) is 6.38. The van der Waals surface area contributed by atoms with Gasteiger partial charge in [0.15, 0.2) is 0 Å². The Morgan fingerprint density at radius 3 is 2.21 bits per heavy atom. The van der Waals surface area contributed by atoms with Crippen molar-refractivity contribution in [3.63, 3.8) is 0 Å². The van der Waals surface area contributed by atoms with Crippen LogP contribution in [-0.4, -0.2) is 29.9 Å². The lowest BCUT2D eigenvalue weighted by Crippen LogP contribution is -2.42. The van der Waals surface area contributed by atoms with Crippen LogP contribution in [0.25, 0.3) is 0 Å². The van der Waals surface area contributed by atoms with Crippen LogP contribution >= 0.6 is 0 Å². The van der Waals surface area contributed by atoms with Gasteiger partial charge in [0, 0.05) is 19.0 Å². The van der Waals surface area contributed by atoms with Crippen LogP contribution in [0.2, 0.25) is 0 Å². The highest BCUT2D eigenvalue weighted by Crippen LogP contribution is 2.31.